The lowest BCUT2D eigenvalue weighted by Crippen LogP contribution is -2.41. The summed E-state index contributed by atoms with van der Waals surface area (Å²) in [6.45, 7) is 3.04. The lowest BCUT2D eigenvalue weighted by atomic mass is 9.93. The average Bonchev–Trinajstić information content (AvgIpc) is 3.20. The summed E-state index contributed by atoms with van der Waals surface area (Å²) in [6, 6.07) is 9.05. The van der Waals surface area contributed by atoms with Gasteiger partial charge in [0.25, 0.3) is 11.8 Å². The lowest BCUT2D eigenvalue weighted by Gasteiger charge is -2.33. The zero-order valence-electron chi connectivity index (χ0n) is 19.5. The summed E-state index contributed by atoms with van der Waals surface area (Å²) < 4.78 is 1.80. The number of nitrogens with one attached hydrogen (secondary N) is 1. The molecule has 1 aliphatic carbocycles. The molecule has 0 bridgehead atoms. The van der Waals surface area contributed by atoms with Crippen molar-refractivity contribution < 1.29 is 14.7 Å². The molecule has 2 amide bonds. The van der Waals surface area contributed by atoms with Crippen molar-refractivity contribution in [2.45, 2.75) is 64.3 Å². The van der Waals surface area contributed by atoms with E-state index in [1.54, 1.807) is 35.0 Å². The maximum atomic E-state index is 13.4. The first-order chi connectivity index (χ1) is 16.5. The van der Waals surface area contributed by atoms with Gasteiger partial charge in [0, 0.05) is 43.5 Å². The van der Waals surface area contributed by atoms with E-state index in [4.69, 9.17) is 5.73 Å². The molecule has 0 radical (unpaired) electrons. The molecule has 1 aliphatic rings. The van der Waals surface area contributed by atoms with Crippen molar-refractivity contribution in [1.82, 2.24) is 19.4 Å². The number of aliphatic hydroxyl groups excluding tert-OH is 1. The Balaban J connectivity index is 1.65. The van der Waals surface area contributed by atoms with E-state index >= 15 is 0 Å². The van der Waals surface area contributed by atoms with Gasteiger partial charge in [-0.2, -0.15) is 0 Å². The highest BCUT2D eigenvalue weighted by atomic mass is 16.3. The van der Waals surface area contributed by atoms with Crippen molar-refractivity contribution in [3.05, 3.63) is 53.9 Å². The van der Waals surface area contributed by atoms with Crippen LogP contribution >= 0.6 is 0 Å². The van der Waals surface area contributed by atoms with E-state index in [1.165, 1.54) is 12.6 Å². The van der Waals surface area contributed by atoms with Gasteiger partial charge in [-0.15, -0.1) is 0 Å². The van der Waals surface area contributed by atoms with E-state index < -0.39 is 6.23 Å². The molecule has 0 saturated heterocycles. The van der Waals surface area contributed by atoms with E-state index in [9.17, 15) is 14.7 Å². The van der Waals surface area contributed by atoms with Crippen LogP contribution in [0, 0.1) is 0 Å². The third-order valence-electron chi connectivity index (χ3n) is 6.41. The molecule has 4 rings (SSSR count). The Morgan fingerprint density at radius 3 is 2.71 bits per heavy atom. The van der Waals surface area contributed by atoms with Crippen LogP contribution in [-0.4, -0.2) is 55.2 Å². The second kappa shape index (κ2) is 10.8. The first kappa shape index (κ1) is 23.8. The number of benzene rings is 1. The summed E-state index contributed by atoms with van der Waals surface area (Å²) in [7, 11) is 0. The molecule has 3 aromatic rings. The van der Waals surface area contributed by atoms with Crippen LogP contribution in [0.15, 0.2) is 42.7 Å². The van der Waals surface area contributed by atoms with E-state index in [0.717, 1.165) is 31.2 Å². The van der Waals surface area contributed by atoms with Gasteiger partial charge in [0.2, 0.25) is 5.95 Å². The Morgan fingerprint density at radius 1 is 1.24 bits per heavy atom. The van der Waals surface area contributed by atoms with Gasteiger partial charge >= 0.3 is 0 Å². The Hall–Kier alpha value is -3.30. The predicted molar refractivity (Wildman–Crippen MR) is 130 cm³/mol. The van der Waals surface area contributed by atoms with Crippen molar-refractivity contribution in [1.29, 1.82) is 0 Å². The Labute approximate surface area is 199 Å². The van der Waals surface area contributed by atoms with Crippen molar-refractivity contribution in [3.8, 4) is 0 Å². The number of hydrogen-bond donors (Lipinski definition) is 3. The molecule has 34 heavy (non-hydrogen) atoms. The van der Waals surface area contributed by atoms with Crippen LogP contribution in [0.1, 0.15) is 66.2 Å². The number of carbonyl (C=O) groups is 2. The number of imidazole rings is 1. The van der Waals surface area contributed by atoms with Crippen molar-refractivity contribution in [2.75, 3.05) is 11.9 Å². The molecule has 9 heteroatoms. The molecule has 2 heterocycles. The minimum Gasteiger partial charge on any atom is -0.379 e. The van der Waals surface area contributed by atoms with E-state index in [2.05, 4.69) is 15.3 Å². The highest BCUT2D eigenvalue weighted by Crippen LogP contribution is 2.26. The largest absolute Gasteiger partial charge is 0.379 e. The Bertz CT molecular complexity index is 1140. The third-order valence-corrected chi connectivity index (χ3v) is 6.41. The number of rotatable bonds is 8. The van der Waals surface area contributed by atoms with Crippen molar-refractivity contribution in [3.63, 3.8) is 0 Å². The molecule has 180 valence electrons. The van der Waals surface area contributed by atoms with Crippen LogP contribution in [0.4, 0.5) is 5.95 Å². The maximum Gasteiger partial charge on any atom is 0.259 e. The molecule has 1 aromatic carbocycles. The number of pyridine rings is 1. The Morgan fingerprint density at radius 2 is 2.03 bits per heavy atom. The van der Waals surface area contributed by atoms with E-state index in [-0.39, 0.29) is 24.3 Å². The molecule has 1 atom stereocenters. The smallest absolute Gasteiger partial charge is 0.259 e. The number of amides is 2. The summed E-state index contributed by atoms with van der Waals surface area (Å²) in [5, 5.41) is 12.4. The molecule has 1 saturated carbocycles. The van der Waals surface area contributed by atoms with Crippen LogP contribution in [0.5, 0.6) is 0 Å². The number of carbonyl (C=O) groups excluding carboxylic acids is 2. The highest BCUT2D eigenvalue weighted by molar-refractivity contribution is 6.04. The van der Waals surface area contributed by atoms with Crippen molar-refractivity contribution >= 4 is 28.8 Å². The first-order valence-electron chi connectivity index (χ1n) is 11.9. The molecule has 1 fully saturated rings. The summed E-state index contributed by atoms with van der Waals surface area (Å²) >= 11 is 0. The fourth-order valence-electron chi connectivity index (χ4n) is 4.64. The summed E-state index contributed by atoms with van der Waals surface area (Å²) in [4.78, 5) is 36.6. The fourth-order valence-corrected chi connectivity index (χ4v) is 4.64. The van der Waals surface area contributed by atoms with Gasteiger partial charge in [-0.1, -0.05) is 19.3 Å². The summed E-state index contributed by atoms with van der Waals surface area (Å²) in [5.41, 5.74) is 7.88. The number of hydrogen-bond acceptors (Lipinski definition) is 6. The second-order valence-electron chi connectivity index (χ2n) is 8.73. The van der Waals surface area contributed by atoms with Gasteiger partial charge < -0.3 is 20.3 Å². The number of anilines is 1. The Kier molecular flexibility index (Phi) is 7.54. The van der Waals surface area contributed by atoms with Crippen LogP contribution < -0.4 is 11.1 Å². The maximum absolute atomic E-state index is 13.4. The molecule has 2 aromatic heterocycles. The normalized spacial score (nSPS) is 15.3. The van der Waals surface area contributed by atoms with Crippen LogP contribution in [0.2, 0.25) is 0 Å². The van der Waals surface area contributed by atoms with Crippen LogP contribution in [0.25, 0.3) is 11.0 Å². The minimum atomic E-state index is -0.992. The molecular weight excluding hydrogens is 432 g/mol. The molecule has 1 unspecified atom stereocenters. The predicted octanol–water partition coefficient (Wildman–Crippen LogP) is 3.15. The van der Waals surface area contributed by atoms with Gasteiger partial charge in [0.1, 0.15) is 6.23 Å². The number of aryl methyl sites for hydroxylation is 1. The van der Waals surface area contributed by atoms with E-state index in [0.29, 0.717) is 35.7 Å². The topological polar surface area (TPSA) is 126 Å². The molecule has 0 aliphatic heterocycles. The molecule has 4 N–H and O–H groups in total. The van der Waals surface area contributed by atoms with Gasteiger partial charge in [0.05, 0.1) is 16.6 Å². The van der Waals surface area contributed by atoms with Crippen LogP contribution in [-0.2, 0) is 6.54 Å². The summed E-state index contributed by atoms with van der Waals surface area (Å²) in [6.07, 6.45) is 8.01. The fraction of sp³-hybridized carbons (Fsp3) is 0.440. The molecular formula is C25H32N6O3. The quantitative estimate of drug-likeness (QED) is 0.440. The zero-order valence-corrected chi connectivity index (χ0v) is 19.5. The second-order valence-corrected chi connectivity index (χ2v) is 8.73. The number of aromatic nitrogens is 3. The average molecular weight is 465 g/mol. The lowest BCUT2D eigenvalue weighted by molar-refractivity contribution is 0.0648. The number of fused-ring (bicyclic) bond motifs is 1. The number of aliphatic hydroxyl groups is 1. The standard InChI is InChI=1S/C25H32N6O3/c1-2-30(19-8-4-3-5-9-19)24(34)17-10-11-21-20(15-17)28-25(31(21)14-12-22(26)32)29-23(33)18-7-6-13-27-16-18/h6-7,10-11,13,15-16,19,22,32H,2-5,8-9,12,14,26H2,1H3,(H,28,29,33). The monoisotopic (exact) mass is 464 g/mol. The molecule has 9 nitrogen and oxygen atoms in total. The zero-order chi connectivity index (χ0) is 24.1. The number of nitrogens with zero attached hydrogens (tertiary/aromatic N) is 4. The van der Waals surface area contributed by atoms with E-state index in [1.807, 2.05) is 17.9 Å². The van der Waals surface area contributed by atoms with Gasteiger partial charge in [0.15, 0.2) is 0 Å². The molecule has 0 spiro atoms. The van der Waals surface area contributed by atoms with Crippen LogP contribution in [0.3, 0.4) is 0 Å². The minimum absolute atomic E-state index is 0.00387. The first-order valence-corrected chi connectivity index (χ1v) is 11.9. The third kappa shape index (κ3) is 5.26. The highest BCUT2D eigenvalue weighted by Gasteiger charge is 2.26. The van der Waals surface area contributed by atoms with Gasteiger partial charge in [-0.05, 0) is 50.1 Å². The number of nitrogens with two attached hydrogens (primary N) is 1. The van der Waals surface area contributed by atoms with Crippen molar-refractivity contribution in [2.24, 2.45) is 5.73 Å². The summed E-state index contributed by atoms with van der Waals surface area (Å²) in [5.74, 6) is -0.0124. The SMILES string of the molecule is CCN(C(=O)c1ccc2c(c1)nc(NC(=O)c1cccnc1)n2CCC(N)O)C1CCCCC1. The van der Waals surface area contributed by atoms with Gasteiger partial charge in [-0.25, -0.2) is 4.98 Å². The van der Waals surface area contributed by atoms with Gasteiger partial charge in [-0.3, -0.25) is 19.9 Å².